The van der Waals surface area contributed by atoms with Crippen molar-refractivity contribution in [3.8, 4) is 0 Å². The fourth-order valence-corrected chi connectivity index (χ4v) is 4.93. The van der Waals surface area contributed by atoms with E-state index in [1.807, 2.05) is 6.92 Å². The predicted molar refractivity (Wildman–Crippen MR) is 85.1 cm³/mol. The van der Waals surface area contributed by atoms with Gasteiger partial charge in [0.15, 0.2) is 0 Å². The van der Waals surface area contributed by atoms with Crippen molar-refractivity contribution < 1.29 is 13.2 Å². The Balaban J connectivity index is 2.01. The van der Waals surface area contributed by atoms with E-state index in [2.05, 4.69) is 23.9 Å². The standard InChI is InChI=1S/C14H24N2O3S2/c1-10(2)15-8-13-6-14(11(3)20-13)21(17,18)16-7-12-4-5-19-9-12/h6,10,12,15-16H,4-5,7-9H2,1-3H3. The van der Waals surface area contributed by atoms with Gasteiger partial charge in [-0.05, 0) is 25.3 Å². The Labute approximate surface area is 131 Å². The van der Waals surface area contributed by atoms with E-state index < -0.39 is 10.0 Å². The molecule has 0 bridgehead atoms. The molecule has 120 valence electrons. The van der Waals surface area contributed by atoms with Crippen molar-refractivity contribution in [2.45, 2.75) is 44.7 Å². The first-order chi connectivity index (χ1) is 9.88. The van der Waals surface area contributed by atoms with Crippen LogP contribution >= 0.6 is 11.3 Å². The Morgan fingerprint density at radius 2 is 2.24 bits per heavy atom. The van der Waals surface area contributed by atoms with Crippen molar-refractivity contribution in [3.05, 3.63) is 15.8 Å². The van der Waals surface area contributed by atoms with E-state index in [0.29, 0.717) is 36.6 Å². The van der Waals surface area contributed by atoms with Crippen LogP contribution < -0.4 is 10.0 Å². The second kappa shape index (κ2) is 7.19. The maximum Gasteiger partial charge on any atom is 0.241 e. The van der Waals surface area contributed by atoms with Gasteiger partial charge in [0.05, 0.1) is 11.5 Å². The second-order valence-electron chi connectivity index (χ2n) is 5.75. The average molecular weight is 332 g/mol. The normalized spacial score (nSPS) is 19.5. The maximum absolute atomic E-state index is 12.4. The number of ether oxygens (including phenoxy) is 1. The molecule has 0 aliphatic carbocycles. The highest BCUT2D eigenvalue weighted by molar-refractivity contribution is 7.89. The van der Waals surface area contributed by atoms with E-state index in [4.69, 9.17) is 4.74 Å². The molecule has 1 aliphatic rings. The summed E-state index contributed by atoms with van der Waals surface area (Å²) in [5.41, 5.74) is 0. The van der Waals surface area contributed by atoms with Crippen molar-refractivity contribution in [1.82, 2.24) is 10.0 Å². The van der Waals surface area contributed by atoms with Crippen LogP contribution in [0.15, 0.2) is 11.0 Å². The van der Waals surface area contributed by atoms with Crippen LogP contribution in [-0.4, -0.2) is 34.2 Å². The van der Waals surface area contributed by atoms with Crippen molar-refractivity contribution in [2.75, 3.05) is 19.8 Å². The lowest BCUT2D eigenvalue weighted by molar-refractivity contribution is 0.186. The Bertz CT molecular complexity index is 561. The van der Waals surface area contributed by atoms with Gasteiger partial charge in [0, 0.05) is 35.5 Å². The molecule has 2 N–H and O–H groups in total. The highest BCUT2D eigenvalue weighted by Crippen LogP contribution is 2.26. The molecule has 21 heavy (non-hydrogen) atoms. The Morgan fingerprint density at radius 1 is 1.48 bits per heavy atom. The lowest BCUT2D eigenvalue weighted by Gasteiger charge is -2.10. The first kappa shape index (κ1) is 16.9. The number of nitrogens with one attached hydrogen (secondary N) is 2. The minimum atomic E-state index is -3.42. The van der Waals surface area contributed by atoms with Crippen LogP contribution in [0.3, 0.4) is 0 Å². The SMILES string of the molecule is Cc1sc(CNC(C)C)cc1S(=O)(=O)NCC1CCOC1. The first-order valence-corrected chi connectivity index (χ1v) is 9.58. The summed E-state index contributed by atoms with van der Waals surface area (Å²) >= 11 is 1.53. The van der Waals surface area contributed by atoms with Gasteiger partial charge in [-0.15, -0.1) is 11.3 Å². The topological polar surface area (TPSA) is 67.4 Å². The lowest BCUT2D eigenvalue weighted by atomic mass is 10.1. The average Bonchev–Trinajstić information content (AvgIpc) is 3.03. The largest absolute Gasteiger partial charge is 0.381 e. The monoisotopic (exact) mass is 332 g/mol. The van der Waals surface area contributed by atoms with E-state index in [-0.39, 0.29) is 0 Å². The smallest absolute Gasteiger partial charge is 0.241 e. The van der Waals surface area contributed by atoms with Crippen molar-refractivity contribution in [2.24, 2.45) is 5.92 Å². The highest BCUT2D eigenvalue weighted by Gasteiger charge is 2.23. The summed E-state index contributed by atoms with van der Waals surface area (Å²) in [7, 11) is -3.42. The summed E-state index contributed by atoms with van der Waals surface area (Å²) in [5, 5.41) is 3.31. The van der Waals surface area contributed by atoms with Crippen molar-refractivity contribution in [3.63, 3.8) is 0 Å². The molecule has 0 spiro atoms. The Morgan fingerprint density at radius 3 is 2.86 bits per heavy atom. The molecule has 0 aromatic carbocycles. The van der Waals surface area contributed by atoms with E-state index in [9.17, 15) is 8.42 Å². The molecule has 1 aromatic rings. The molecule has 5 nitrogen and oxygen atoms in total. The van der Waals surface area contributed by atoms with Gasteiger partial charge < -0.3 is 10.1 Å². The molecule has 0 saturated carbocycles. The number of hydrogen-bond acceptors (Lipinski definition) is 5. The van der Waals surface area contributed by atoms with Gasteiger partial charge in [0.2, 0.25) is 10.0 Å². The zero-order chi connectivity index (χ0) is 15.5. The lowest BCUT2D eigenvalue weighted by Crippen LogP contribution is -2.29. The van der Waals surface area contributed by atoms with E-state index >= 15 is 0 Å². The summed E-state index contributed by atoms with van der Waals surface area (Å²) < 4.78 is 32.8. The number of rotatable bonds is 7. The van der Waals surface area contributed by atoms with Gasteiger partial charge in [-0.3, -0.25) is 0 Å². The molecule has 1 aromatic heterocycles. The molecular formula is C14H24N2O3S2. The maximum atomic E-state index is 12.4. The van der Waals surface area contributed by atoms with Crippen molar-refractivity contribution >= 4 is 21.4 Å². The Kier molecular flexibility index (Phi) is 5.79. The molecule has 1 saturated heterocycles. The molecule has 1 atom stereocenters. The molecule has 1 aliphatic heterocycles. The molecule has 0 amide bonds. The molecule has 2 rings (SSSR count). The van der Waals surface area contributed by atoms with Crippen LogP contribution in [0.25, 0.3) is 0 Å². The third kappa shape index (κ3) is 4.75. The summed E-state index contributed by atoms with van der Waals surface area (Å²) in [6.07, 6.45) is 0.925. The van der Waals surface area contributed by atoms with Crippen LogP contribution in [0, 0.1) is 12.8 Å². The van der Waals surface area contributed by atoms with Gasteiger partial charge >= 0.3 is 0 Å². The molecular weight excluding hydrogens is 308 g/mol. The minimum Gasteiger partial charge on any atom is -0.381 e. The van der Waals surface area contributed by atoms with E-state index in [0.717, 1.165) is 22.8 Å². The predicted octanol–water partition coefficient (Wildman–Crippen LogP) is 1.87. The molecule has 1 unspecified atom stereocenters. The quantitative estimate of drug-likeness (QED) is 0.800. The van der Waals surface area contributed by atoms with Crippen molar-refractivity contribution in [1.29, 1.82) is 0 Å². The highest BCUT2D eigenvalue weighted by atomic mass is 32.2. The second-order valence-corrected chi connectivity index (χ2v) is 8.83. The summed E-state index contributed by atoms with van der Waals surface area (Å²) in [4.78, 5) is 2.29. The number of thiophene rings is 1. The van der Waals surface area contributed by atoms with Gasteiger partial charge in [-0.25, -0.2) is 13.1 Å². The molecule has 2 heterocycles. The van der Waals surface area contributed by atoms with Crippen LogP contribution in [0.1, 0.15) is 30.0 Å². The molecule has 7 heteroatoms. The fourth-order valence-electron chi connectivity index (χ4n) is 2.23. The first-order valence-electron chi connectivity index (χ1n) is 7.28. The summed E-state index contributed by atoms with van der Waals surface area (Å²) in [6, 6.07) is 2.16. The van der Waals surface area contributed by atoms with Gasteiger partial charge in [-0.2, -0.15) is 0 Å². The number of sulfonamides is 1. The zero-order valence-corrected chi connectivity index (χ0v) is 14.4. The zero-order valence-electron chi connectivity index (χ0n) is 12.8. The fraction of sp³-hybridized carbons (Fsp3) is 0.714. The Hall–Kier alpha value is -0.470. The van der Waals surface area contributed by atoms with E-state index in [1.54, 1.807) is 6.07 Å². The minimum absolute atomic E-state index is 0.292. The van der Waals surface area contributed by atoms with Crippen LogP contribution in [0.5, 0.6) is 0 Å². The number of aryl methyl sites for hydroxylation is 1. The van der Waals surface area contributed by atoms with Gasteiger partial charge in [0.25, 0.3) is 0 Å². The van der Waals surface area contributed by atoms with Crippen LogP contribution in [-0.2, 0) is 21.3 Å². The van der Waals surface area contributed by atoms with Gasteiger partial charge in [-0.1, -0.05) is 13.8 Å². The third-order valence-electron chi connectivity index (χ3n) is 3.48. The summed E-state index contributed by atoms with van der Waals surface area (Å²) in [6.45, 7) is 8.54. The molecule has 1 fully saturated rings. The summed E-state index contributed by atoms with van der Waals surface area (Å²) in [5.74, 6) is 0.292. The van der Waals surface area contributed by atoms with Crippen LogP contribution in [0.2, 0.25) is 0 Å². The van der Waals surface area contributed by atoms with Crippen LogP contribution in [0.4, 0.5) is 0 Å². The molecule has 0 radical (unpaired) electrons. The van der Waals surface area contributed by atoms with Gasteiger partial charge in [0.1, 0.15) is 0 Å². The van der Waals surface area contributed by atoms with E-state index in [1.165, 1.54) is 11.3 Å². The number of hydrogen-bond donors (Lipinski definition) is 2. The third-order valence-corrected chi connectivity index (χ3v) is 6.21.